The van der Waals surface area contributed by atoms with Gasteiger partial charge in [-0.3, -0.25) is 0 Å². The number of benzene rings is 2. The molecule has 0 spiro atoms. The van der Waals surface area contributed by atoms with Crippen molar-refractivity contribution in [3.8, 4) is 0 Å². The van der Waals surface area contributed by atoms with Crippen LogP contribution in [-0.2, 0) is 4.43 Å². The lowest BCUT2D eigenvalue weighted by Crippen LogP contribution is -2.69. The first kappa shape index (κ1) is 35.7. The fourth-order valence-electron chi connectivity index (χ4n) is 14.5. The molecule has 4 unspecified atom stereocenters. The molecule has 10 atom stereocenters. The smallest absolute Gasteiger partial charge is 0.261 e. The molecular weight excluding hydrogens is 613 g/mol. The van der Waals surface area contributed by atoms with Crippen LogP contribution in [0, 0.1) is 56.7 Å². The number of allylic oxidation sites excluding steroid dienone is 1. The second-order valence-corrected chi connectivity index (χ2v) is 24.7. The van der Waals surface area contributed by atoms with Crippen LogP contribution < -0.4 is 10.4 Å². The van der Waals surface area contributed by atoms with Crippen LogP contribution in [-0.4, -0.2) is 26.1 Å². The van der Waals surface area contributed by atoms with Crippen LogP contribution >= 0.6 is 0 Å². The van der Waals surface area contributed by atoms with E-state index in [0.717, 1.165) is 18.9 Å². The average molecular weight is 681 g/mol. The first-order chi connectivity index (χ1) is 23.0. The summed E-state index contributed by atoms with van der Waals surface area (Å²) in [5, 5.41) is 14.0. The molecule has 5 aliphatic rings. The third kappa shape index (κ3) is 4.97. The van der Waals surface area contributed by atoms with Gasteiger partial charge in [-0.2, -0.15) is 0 Å². The number of rotatable bonds is 6. The number of aliphatic hydroxyl groups excluding tert-OH is 1. The van der Waals surface area contributed by atoms with E-state index in [1.54, 1.807) is 0 Å². The highest BCUT2D eigenvalue weighted by molar-refractivity contribution is 6.99. The van der Waals surface area contributed by atoms with Crippen molar-refractivity contribution >= 4 is 18.7 Å². The molecule has 2 nitrogen and oxygen atoms in total. The van der Waals surface area contributed by atoms with Crippen molar-refractivity contribution < 1.29 is 9.53 Å². The van der Waals surface area contributed by atoms with Crippen molar-refractivity contribution in [3.63, 3.8) is 0 Å². The van der Waals surface area contributed by atoms with Gasteiger partial charge in [-0.15, -0.1) is 0 Å². The highest BCUT2D eigenvalue weighted by atomic mass is 28.4. The molecule has 0 aliphatic heterocycles. The van der Waals surface area contributed by atoms with Crippen molar-refractivity contribution in [2.75, 3.05) is 6.61 Å². The second kappa shape index (κ2) is 11.9. The van der Waals surface area contributed by atoms with E-state index in [2.05, 4.69) is 123 Å². The standard InChI is InChI=1S/C46H68O2Si/c1-32(2)35-23-28-46(31-48-49(41(3,4)5,33-17-13-11-14-18-33)34-19-15-12-16-20-34)30-29-44(9)36(40(35)46)21-22-38-43(8)26-25-39(47)42(6,7)37(43)24-27-45(38,44)10/h11-20,35-40,47H,1,21-31H2,2-10H3/t35-,36?,37?,38?,39-,40?,43-,44+,45+,46+/m0/s1. The first-order valence-corrected chi connectivity index (χ1v) is 22.0. The maximum atomic E-state index is 11.2. The largest absolute Gasteiger partial charge is 0.407 e. The number of fused-ring (bicyclic) bond motifs is 7. The Balaban J connectivity index is 1.27. The Morgan fingerprint density at radius 2 is 1.37 bits per heavy atom. The maximum Gasteiger partial charge on any atom is 0.261 e. The minimum Gasteiger partial charge on any atom is -0.407 e. The monoisotopic (exact) mass is 680 g/mol. The minimum absolute atomic E-state index is 0.00257. The van der Waals surface area contributed by atoms with Crippen molar-refractivity contribution in [1.82, 2.24) is 0 Å². The second-order valence-electron chi connectivity index (χ2n) is 20.4. The van der Waals surface area contributed by atoms with Crippen LogP contribution in [0.2, 0.25) is 5.04 Å². The molecule has 0 saturated heterocycles. The average Bonchev–Trinajstić information content (AvgIpc) is 3.44. The molecule has 0 radical (unpaired) electrons. The quantitative estimate of drug-likeness (QED) is 0.243. The molecule has 0 heterocycles. The molecule has 3 heteroatoms. The lowest BCUT2D eigenvalue weighted by molar-refractivity contribution is -0.249. The number of hydrogen-bond acceptors (Lipinski definition) is 2. The Kier molecular flexibility index (Phi) is 8.69. The summed E-state index contributed by atoms with van der Waals surface area (Å²) in [4.78, 5) is 0. The van der Waals surface area contributed by atoms with Gasteiger partial charge in [0, 0.05) is 6.61 Å². The summed E-state index contributed by atoms with van der Waals surface area (Å²) in [7, 11) is -2.64. The molecule has 5 saturated carbocycles. The van der Waals surface area contributed by atoms with Crippen LogP contribution in [0.15, 0.2) is 72.8 Å². The van der Waals surface area contributed by atoms with E-state index in [0.29, 0.717) is 39.9 Å². The van der Waals surface area contributed by atoms with E-state index in [4.69, 9.17) is 11.0 Å². The fraction of sp³-hybridized carbons (Fsp3) is 0.696. The van der Waals surface area contributed by atoms with Crippen molar-refractivity contribution in [1.29, 1.82) is 0 Å². The van der Waals surface area contributed by atoms with Gasteiger partial charge in [0.05, 0.1) is 6.10 Å². The summed E-state index contributed by atoms with van der Waals surface area (Å²) >= 11 is 0. The highest BCUT2D eigenvalue weighted by Gasteiger charge is 2.71. The van der Waals surface area contributed by atoms with Crippen LogP contribution in [0.4, 0.5) is 0 Å². The van der Waals surface area contributed by atoms with Gasteiger partial charge < -0.3 is 9.53 Å². The molecule has 2 aromatic rings. The Morgan fingerprint density at radius 3 is 1.94 bits per heavy atom. The number of hydrogen-bond donors (Lipinski definition) is 1. The Morgan fingerprint density at radius 1 is 0.755 bits per heavy atom. The number of aliphatic hydroxyl groups is 1. The van der Waals surface area contributed by atoms with Gasteiger partial charge in [0.25, 0.3) is 8.32 Å². The van der Waals surface area contributed by atoms with Crippen LogP contribution in [0.5, 0.6) is 0 Å². The van der Waals surface area contributed by atoms with E-state index >= 15 is 0 Å². The SMILES string of the molecule is C=C(C)[C@@H]1CC[C@]2(CO[Si](c3ccccc3)(c3ccccc3)C(C)(C)C)CC[C@]3(C)C(CCC4[C@@]5(C)CC[C@H](O)C(C)(C)C5CC[C@]43C)C12. The lowest BCUT2D eigenvalue weighted by atomic mass is 9.32. The Bertz CT molecular complexity index is 1490. The molecular formula is C46H68O2Si. The van der Waals surface area contributed by atoms with Gasteiger partial charge in [0.15, 0.2) is 0 Å². The van der Waals surface area contributed by atoms with E-state index in [9.17, 15) is 5.11 Å². The van der Waals surface area contributed by atoms with Gasteiger partial charge in [-0.1, -0.05) is 128 Å². The normalized spacial score (nSPS) is 41.6. The lowest BCUT2D eigenvalue weighted by Gasteiger charge is -2.73. The molecule has 268 valence electrons. The molecule has 49 heavy (non-hydrogen) atoms. The molecule has 1 N–H and O–H groups in total. The van der Waals surface area contributed by atoms with Crippen molar-refractivity contribution in [3.05, 3.63) is 72.8 Å². The summed E-state index contributed by atoms with van der Waals surface area (Å²) in [6.07, 6.45) is 12.4. The summed E-state index contributed by atoms with van der Waals surface area (Å²) in [6, 6.07) is 22.6. The maximum absolute atomic E-state index is 11.2. The van der Waals surface area contributed by atoms with Crippen LogP contribution in [0.3, 0.4) is 0 Å². The zero-order chi connectivity index (χ0) is 35.3. The van der Waals surface area contributed by atoms with E-state index < -0.39 is 8.32 Å². The van der Waals surface area contributed by atoms with E-state index in [1.807, 2.05) is 0 Å². The summed E-state index contributed by atoms with van der Waals surface area (Å²) in [6.45, 7) is 28.1. The Labute approximate surface area is 301 Å². The zero-order valence-electron chi connectivity index (χ0n) is 32.6. The molecule has 0 aromatic heterocycles. The summed E-state index contributed by atoms with van der Waals surface area (Å²) in [5.41, 5.74) is 2.56. The van der Waals surface area contributed by atoms with Crippen LogP contribution in [0.25, 0.3) is 0 Å². The third-order valence-electron chi connectivity index (χ3n) is 17.2. The minimum atomic E-state index is -2.64. The van der Waals surface area contributed by atoms with Gasteiger partial charge in [0.1, 0.15) is 0 Å². The zero-order valence-corrected chi connectivity index (χ0v) is 33.6. The summed E-state index contributed by atoms with van der Waals surface area (Å²) < 4.78 is 7.89. The molecule has 0 amide bonds. The van der Waals surface area contributed by atoms with Crippen LogP contribution in [0.1, 0.15) is 127 Å². The molecule has 5 aliphatic carbocycles. The van der Waals surface area contributed by atoms with Crippen molar-refractivity contribution in [2.24, 2.45) is 56.7 Å². The molecule has 2 aromatic carbocycles. The predicted molar refractivity (Wildman–Crippen MR) is 209 cm³/mol. The predicted octanol–water partition coefficient (Wildman–Crippen LogP) is 10.6. The van der Waals surface area contributed by atoms with Gasteiger partial charge in [-0.25, -0.2) is 0 Å². The summed E-state index contributed by atoms with van der Waals surface area (Å²) in [5.74, 6) is 3.27. The first-order valence-electron chi connectivity index (χ1n) is 20.1. The molecule has 7 rings (SSSR count). The van der Waals surface area contributed by atoms with Gasteiger partial charge >= 0.3 is 0 Å². The van der Waals surface area contributed by atoms with E-state index in [1.165, 1.54) is 73.7 Å². The fourth-order valence-corrected chi connectivity index (χ4v) is 19.2. The molecule has 5 fully saturated rings. The van der Waals surface area contributed by atoms with Gasteiger partial charge in [-0.05, 0) is 143 Å². The van der Waals surface area contributed by atoms with E-state index in [-0.39, 0.29) is 22.0 Å². The molecule has 0 bridgehead atoms. The highest BCUT2D eigenvalue weighted by Crippen LogP contribution is 2.77. The topological polar surface area (TPSA) is 29.5 Å². The third-order valence-corrected chi connectivity index (χ3v) is 22.2. The Hall–Kier alpha value is -1.68. The van der Waals surface area contributed by atoms with Gasteiger partial charge in [0.2, 0.25) is 0 Å². The van der Waals surface area contributed by atoms with Crippen molar-refractivity contribution in [2.45, 2.75) is 138 Å².